The Morgan fingerprint density at radius 2 is 2.18 bits per heavy atom. The number of amides is 3. The zero-order valence-corrected chi connectivity index (χ0v) is 12.3. The number of rotatable bonds is 6. The zero-order chi connectivity index (χ0) is 16.1. The maximum absolute atomic E-state index is 12.1. The molecule has 1 fully saturated rings. The summed E-state index contributed by atoms with van der Waals surface area (Å²) in [6.07, 6.45) is 0.961. The average molecular weight is 305 g/mol. The summed E-state index contributed by atoms with van der Waals surface area (Å²) in [6, 6.07) is 5.74. The summed E-state index contributed by atoms with van der Waals surface area (Å²) in [7, 11) is 1.53. The highest BCUT2D eigenvalue weighted by molar-refractivity contribution is 5.93. The Morgan fingerprint density at radius 3 is 2.77 bits per heavy atom. The fourth-order valence-electron chi connectivity index (χ4n) is 2.40. The molecule has 2 rings (SSSR count). The van der Waals surface area contributed by atoms with Gasteiger partial charge >= 0.3 is 0 Å². The monoisotopic (exact) mass is 305 g/mol. The molecule has 1 saturated heterocycles. The van der Waals surface area contributed by atoms with Crippen molar-refractivity contribution in [3.63, 3.8) is 0 Å². The Balaban J connectivity index is 2.05. The van der Waals surface area contributed by atoms with Gasteiger partial charge in [-0.3, -0.25) is 14.4 Å². The quantitative estimate of drug-likeness (QED) is 0.657. The zero-order valence-electron chi connectivity index (χ0n) is 12.3. The van der Waals surface area contributed by atoms with E-state index in [0.29, 0.717) is 18.6 Å². The van der Waals surface area contributed by atoms with Crippen molar-refractivity contribution in [2.24, 2.45) is 5.73 Å². The Kier molecular flexibility index (Phi) is 4.98. The van der Waals surface area contributed by atoms with Crippen LogP contribution >= 0.6 is 0 Å². The van der Waals surface area contributed by atoms with Crippen molar-refractivity contribution < 1.29 is 19.1 Å². The molecule has 0 aromatic heterocycles. The number of ether oxygens (including phenoxy) is 1. The lowest BCUT2D eigenvalue weighted by molar-refractivity contribution is -0.129. The van der Waals surface area contributed by atoms with E-state index in [4.69, 9.17) is 10.5 Å². The lowest BCUT2D eigenvalue weighted by atomic mass is 10.0. The first-order valence-electron chi connectivity index (χ1n) is 7.02. The van der Waals surface area contributed by atoms with Crippen LogP contribution in [-0.2, 0) is 20.8 Å². The van der Waals surface area contributed by atoms with Crippen molar-refractivity contribution in [3.8, 4) is 5.75 Å². The number of para-hydroxylation sites is 1. The van der Waals surface area contributed by atoms with Gasteiger partial charge in [-0.05, 0) is 18.1 Å². The van der Waals surface area contributed by atoms with E-state index in [1.807, 2.05) is 12.1 Å². The van der Waals surface area contributed by atoms with Gasteiger partial charge in [0.05, 0.1) is 7.11 Å². The molecular formula is C15H19N3O4. The molecule has 1 heterocycles. The Morgan fingerprint density at radius 1 is 1.45 bits per heavy atom. The minimum absolute atomic E-state index is 0.166. The molecule has 2 atom stereocenters. The van der Waals surface area contributed by atoms with Gasteiger partial charge in [0.1, 0.15) is 17.8 Å². The minimum atomic E-state index is -0.860. The molecule has 3 amide bonds. The van der Waals surface area contributed by atoms with Gasteiger partial charge in [0.2, 0.25) is 17.7 Å². The molecule has 0 spiro atoms. The summed E-state index contributed by atoms with van der Waals surface area (Å²) in [5.41, 5.74) is 6.14. The molecule has 118 valence electrons. The van der Waals surface area contributed by atoms with Crippen LogP contribution in [0.25, 0.3) is 0 Å². The van der Waals surface area contributed by atoms with Crippen LogP contribution in [0.3, 0.4) is 0 Å². The van der Waals surface area contributed by atoms with Crippen LogP contribution in [0, 0.1) is 0 Å². The summed E-state index contributed by atoms with van der Waals surface area (Å²) in [5, 5.41) is 5.15. The third-order valence-electron chi connectivity index (χ3n) is 3.59. The highest BCUT2D eigenvalue weighted by atomic mass is 16.5. The van der Waals surface area contributed by atoms with Crippen molar-refractivity contribution in [1.29, 1.82) is 0 Å². The van der Waals surface area contributed by atoms with Crippen LogP contribution in [0.1, 0.15) is 18.4 Å². The predicted octanol–water partition coefficient (Wildman–Crippen LogP) is -0.514. The second-order valence-electron chi connectivity index (χ2n) is 5.14. The maximum atomic E-state index is 12.1. The second kappa shape index (κ2) is 6.93. The number of hydrogen-bond acceptors (Lipinski definition) is 4. The molecule has 1 aromatic rings. The first-order valence-corrected chi connectivity index (χ1v) is 7.02. The van der Waals surface area contributed by atoms with Gasteiger partial charge in [-0.1, -0.05) is 18.2 Å². The molecule has 1 aromatic carbocycles. The van der Waals surface area contributed by atoms with E-state index in [1.54, 1.807) is 12.1 Å². The number of methoxy groups -OCH3 is 1. The SMILES string of the molecule is COc1ccccc1C[C@@H](NC(=O)[C@H]1CCC(=O)N1)C(N)=O. The molecule has 7 nitrogen and oxygen atoms in total. The van der Waals surface area contributed by atoms with Crippen LogP contribution in [0.2, 0.25) is 0 Å². The largest absolute Gasteiger partial charge is 0.496 e. The van der Waals surface area contributed by atoms with E-state index in [9.17, 15) is 14.4 Å². The smallest absolute Gasteiger partial charge is 0.243 e. The van der Waals surface area contributed by atoms with Crippen molar-refractivity contribution >= 4 is 17.7 Å². The van der Waals surface area contributed by atoms with E-state index in [1.165, 1.54) is 7.11 Å². The van der Waals surface area contributed by atoms with Gasteiger partial charge in [-0.2, -0.15) is 0 Å². The van der Waals surface area contributed by atoms with E-state index < -0.39 is 23.9 Å². The number of carbonyl (C=O) groups excluding carboxylic acids is 3. The summed E-state index contributed by atoms with van der Waals surface area (Å²) in [4.78, 5) is 34.8. The lowest BCUT2D eigenvalue weighted by Gasteiger charge is -2.19. The van der Waals surface area contributed by atoms with Crippen LogP contribution in [0.5, 0.6) is 5.75 Å². The Hall–Kier alpha value is -2.57. The average Bonchev–Trinajstić information content (AvgIpc) is 2.93. The van der Waals surface area contributed by atoms with Crippen LogP contribution in [-0.4, -0.2) is 36.9 Å². The normalized spacial score (nSPS) is 18.4. The maximum Gasteiger partial charge on any atom is 0.243 e. The summed E-state index contributed by atoms with van der Waals surface area (Å²) in [6.45, 7) is 0. The van der Waals surface area contributed by atoms with Crippen LogP contribution in [0.4, 0.5) is 0 Å². The molecular weight excluding hydrogens is 286 g/mol. The number of carbonyl (C=O) groups is 3. The molecule has 0 saturated carbocycles. The molecule has 7 heteroatoms. The molecule has 1 aliphatic heterocycles. The highest BCUT2D eigenvalue weighted by Crippen LogP contribution is 2.19. The molecule has 0 unspecified atom stereocenters. The molecule has 0 radical (unpaired) electrons. The van der Waals surface area contributed by atoms with Crippen molar-refractivity contribution in [1.82, 2.24) is 10.6 Å². The molecule has 4 N–H and O–H groups in total. The third-order valence-corrected chi connectivity index (χ3v) is 3.59. The van der Waals surface area contributed by atoms with Gasteiger partial charge in [0.25, 0.3) is 0 Å². The lowest BCUT2D eigenvalue weighted by Crippen LogP contribution is -2.51. The Labute approximate surface area is 128 Å². The van der Waals surface area contributed by atoms with E-state index in [0.717, 1.165) is 5.56 Å². The van der Waals surface area contributed by atoms with Gasteiger partial charge in [-0.25, -0.2) is 0 Å². The van der Waals surface area contributed by atoms with E-state index in [-0.39, 0.29) is 12.3 Å². The van der Waals surface area contributed by atoms with Gasteiger partial charge in [0, 0.05) is 12.8 Å². The summed E-state index contributed by atoms with van der Waals surface area (Å²) < 4.78 is 5.22. The van der Waals surface area contributed by atoms with Crippen LogP contribution < -0.4 is 21.1 Å². The van der Waals surface area contributed by atoms with E-state index >= 15 is 0 Å². The number of hydrogen-bond donors (Lipinski definition) is 3. The standard InChI is InChI=1S/C15H19N3O4/c1-22-12-5-3-2-4-9(12)8-11(14(16)20)18-15(21)10-6-7-13(19)17-10/h2-5,10-11H,6-8H2,1H3,(H2,16,20)(H,17,19)(H,18,21)/t10-,11-/m1/s1. The molecule has 1 aliphatic rings. The number of benzene rings is 1. The number of primary amides is 1. The third kappa shape index (κ3) is 3.75. The van der Waals surface area contributed by atoms with Crippen molar-refractivity contribution in [2.45, 2.75) is 31.3 Å². The van der Waals surface area contributed by atoms with Crippen molar-refractivity contribution in [2.75, 3.05) is 7.11 Å². The number of nitrogens with one attached hydrogen (secondary N) is 2. The predicted molar refractivity (Wildman–Crippen MR) is 79.0 cm³/mol. The number of nitrogens with two attached hydrogens (primary N) is 1. The molecule has 0 bridgehead atoms. The molecule has 0 aliphatic carbocycles. The second-order valence-corrected chi connectivity index (χ2v) is 5.14. The minimum Gasteiger partial charge on any atom is -0.496 e. The first-order chi connectivity index (χ1) is 10.5. The molecule has 22 heavy (non-hydrogen) atoms. The summed E-state index contributed by atoms with van der Waals surface area (Å²) in [5.74, 6) is -0.578. The first kappa shape index (κ1) is 15.8. The highest BCUT2D eigenvalue weighted by Gasteiger charge is 2.30. The summed E-state index contributed by atoms with van der Waals surface area (Å²) >= 11 is 0. The Bertz CT molecular complexity index is 588. The van der Waals surface area contributed by atoms with Crippen LogP contribution in [0.15, 0.2) is 24.3 Å². The fraction of sp³-hybridized carbons (Fsp3) is 0.400. The fourth-order valence-corrected chi connectivity index (χ4v) is 2.40. The van der Waals surface area contributed by atoms with Crippen molar-refractivity contribution in [3.05, 3.63) is 29.8 Å². The topological polar surface area (TPSA) is 111 Å². The van der Waals surface area contributed by atoms with Gasteiger partial charge in [-0.15, -0.1) is 0 Å². The van der Waals surface area contributed by atoms with Gasteiger partial charge < -0.3 is 21.1 Å². The van der Waals surface area contributed by atoms with E-state index in [2.05, 4.69) is 10.6 Å². The van der Waals surface area contributed by atoms with Gasteiger partial charge in [0.15, 0.2) is 0 Å².